The monoisotopic (exact) mass is 581 g/mol. The van der Waals surface area contributed by atoms with Crippen LogP contribution in [0.25, 0.3) is 16.8 Å². The maximum Gasteiger partial charge on any atom is 0.259 e. The molecule has 1 aromatic carbocycles. The molecule has 11 heteroatoms. The Kier molecular flexibility index (Phi) is 8.21. The largest absolute Gasteiger partial charge is 0.461 e. The molecule has 5 heterocycles. The van der Waals surface area contributed by atoms with Gasteiger partial charge in [-0.3, -0.25) is 19.7 Å². The summed E-state index contributed by atoms with van der Waals surface area (Å²) in [7, 11) is 0. The molecule has 2 saturated heterocycles. The Morgan fingerprint density at radius 2 is 1.81 bits per heavy atom. The highest BCUT2D eigenvalue weighted by Crippen LogP contribution is 2.23. The molecule has 2 fully saturated rings. The second kappa shape index (κ2) is 12.5. The average molecular weight is 582 g/mol. The van der Waals surface area contributed by atoms with E-state index in [0.717, 1.165) is 55.5 Å². The Morgan fingerprint density at radius 3 is 2.58 bits per heavy atom. The van der Waals surface area contributed by atoms with E-state index in [4.69, 9.17) is 9.41 Å². The van der Waals surface area contributed by atoms with Crippen LogP contribution >= 0.6 is 0 Å². The SMILES string of the molecule is Cc1cc2cc(NC(=NC3CCCCN(CC(=O)N4CCCC4)C3=O)NC(=O)c3ccc(-n4cccc4)nc3)ccc2o1. The van der Waals surface area contributed by atoms with E-state index in [-0.39, 0.29) is 24.3 Å². The van der Waals surface area contributed by atoms with Crippen LogP contribution in [0.3, 0.4) is 0 Å². The third-order valence-corrected chi connectivity index (χ3v) is 7.84. The van der Waals surface area contributed by atoms with Gasteiger partial charge in [0.15, 0.2) is 0 Å². The van der Waals surface area contributed by atoms with Crippen LogP contribution in [-0.2, 0) is 9.59 Å². The van der Waals surface area contributed by atoms with E-state index in [0.29, 0.717) is 30.0 Å². The molecule has 43 heavy (non-hydrogen) atoms. The van der Waals surface area contributed by atoms with Gasteiger partial charge in [-0.05, 0) is 87.6 Å². The molecule has 0 aliphatic carbocycles. The maximum absolute atomic E-state index is 13.7. The third-order valence-electron chi connectivity index (χ3n) is 7.84. The molecule has 0 radical (unpaired) electrons. The normalized spacial score (nSPS) is 17.7. The fourth-order valence-electron chi connectivity index (χ4n) is 5.57. The fraction of sp³-hybridized carbons (Fsp3) is 0.344. The number of aryl methyl sites for hydroxylation is 1. The minimum atomic E-state index is -0.745. The highest BCUT2D eigenvalue weighted by molar-refractivity contribution is 6.10. The van der Waals surface area contributed by atoms with Crippen LogP contribution in [-0.4, -0.2) is 75.3 Å². The predicted octanol–water partition coefficient (Wildman–Crippen LogP) is 4.13. The molecule has 4 aromatic rings. The number of furan rings is 1. The summed E-state index contributed by atoms with van der Waals surface area (Å²) < 4.78 is 7.55. The fourth-order valence-corrected chi connectivity index (χ4v) is 5.57. The number of hydrogen-bond donors (Lipinski definition) is 2. The van der Waals surface area contributed by atoms with Crippen LogP contribution in [0.15, 0.2) is 76.5 Å². The molecule has 1 unspecified atom stereocenters. The van der Waals surface area contributed by atoms with Gasteiger partial charge in [-0.25, -0.2) is 9.98 Å². The summed E-state index contributed by atoms with van der Waals surface area (Å²) in [5, 5.41) is 6.97. The summed E-state index contributed by atoms with van der Waals surface area (Å²) in [4.78, 5) is 52.5. The lowest BCUT2D eigenvalue weighted by Crippen LogP contribution is -2.45. The first-order valence-corrected chi connectivity index (χ1v) is 14.8. The van der Waals surface area contributed by atoms with Crippen molar-refractivity contribution >= 4 is 40.3 Å². The standard InChI is InChI=1S/C32H35N7O4/c1-22-18-24-19-25(10-11-27(24)43-22)34-32(36-30(41)23-9-12-28(33-20-23)37-13-4-5-14-37)35-26-8-2-3-17-39(31(26)42)21-29(40)38-15-6-7-16-38/h4-5,9-14,18-20,26H,2-3,6-8,15-17,21H2,1H3,(H2,34,35,36,41). The Balaban J connectivity index is 1.25. The van der Waals surface area contributed by atoms with E-state index in [1.165, 1.54) is 6.20 Å². The van der Waals surface area contributed by atoms with Crippen LogP contribution < -0.4 is 10.6 Å². The van der Waals surface area contributed by atoms with Gasteiger partial charge in [0, 0.05) is 49.3 Å². The van der Waals surface area contributed by atoms with Crippen LogP contribution in [0, 0.1) is 6.92 Å². The van der Waals surface area contributed by atoms with Gasteiger partial charge in [-0.2, -0.15) is 0 Å². The quantitative estimate of drug-likeness (QED) is 0.261. The molecule has 3 aromatic heterocycles. The average Bonchev–Trinajstić information content (AvgIpc) is 3.78. The van der Waals surface area contributed by atoms with E-state index in [1.807, 2.05) is 65.2 Å². The number of aromatic nitrogens is 2. The topological polar surface area (TPSA) is 125 Å². The molecule has 0 saturated carbocycles. The molecule has 3 amide bonds. The Labute approximate surface area is 249 Å². The first-order chi connectivity index (χ1) is 20.9. The van der Waals surface area contributed by atoms with Crippen molar-refractivity contribution in [1.29, 1.82) is 0 Å². The number of nitrogens with one attached hydrogen (secondary N) is 2. The number of carbonyl (C=O) groups excluding carboxylic acids is 3. The molecule has 222 valence electrons. The minimum Gasteiger partial charge on any atom is -0.461 e. The summed E-state index contributed by atoms with van der Waals surface area (Å²) in [6.07, 6.45) is 9.33. The lowest BCUT2D eigenvalue weighted by Gasteiger charge is -2.25. The van der Waals surface area contributed by atoms with Crippen LogP contribution in [0.4, 0.5) is 5.69 Å². The number of aliphatic imine (C=N–C) groups is 1. The first kappa shape index (κ1) is 28.2. The Bertz CT molecular complexity index is 1640. The summed E-state index contributed by atoms with van der Waals surface area (Å²) in [6.45, 7) is 3.92. The van der Waals surface area contributed by atoms with Crippen molar-refractivity contribution in [1.82, 2.24) is 24.7 Å². The summed E-state index contributed by atoms with van der Waals surface area (Å²) in [6, 6.07) is 14.0. The highest BCUT2D eigenvalue weighted by atomic mass is 16.3. The van der Waals surface area contributed by atoms with Gasteiger partial charge in [-0.1, -0.05) is 0 Å². The Morgan fingerprint density at radius 1 is 1.02 bits per heavy atom. The van der Waals surface area contributed by atoms with Crippen molar-refractivity contribution in [3.8, 4) is 5.82 Å². The third kappa shape index (κ3) is 6.61. The number of fused-ring (bicyclic) bond motifs is 1. The number of guanidine groups is 1. The Hall–Kier alpha value is -4.93. The predicted molar refractivity (Wildman–Crippen MR) is 163 cm³/mol. The van der Waals surface area contributed by atoms with Crippen LogP contribution in [0.5, 0.6) is 0 Å². The summed E-state index contributed by atoms with van der Waals surface area (Å²) in [5.74, 6) is 0.965. The lowest BCUT2D eigenvalue weighted by molar-refractivity contribution is -0.140. The molecule has 6 rings (SSSR count). The zero-order valence-corrected chi connectivity index (χ0v) is 24.2. The lowest BCUT2D eigenvalue weighted by atomic mass is 10.1. The number of rotatable bonds is 6. The van der Waals surface area contributed by atoms with Gasteiger partial charge in [-0.15, -0.1) is 0 Å². The van der Waals surface area contributed by atoms with E-state index in [9.17, 15) is 14.4 Å². The first-order valence-electron chi connectivity index (χ1n) is 14.8. The van der Waals surface area contributed by atoms with Crippen molar-refractivity contribution < 1.29 is 18.8 Å². The van der Waals surface area contributed by atoms with Crippen molar-refractivity contribution in [2.45, 2.75) is 45.1 Å². The van der Waals surface area contributed by atoms with Crippen LogP contribution in [0.2, 0.25) is 0 Å². The highest BCUT2D eigenvalue weighted by Gasteiger charge is 2.30. The van der Waals surface area contributed by atoms with E-state index in [1.54, 1.807) is 17.0 Å². The molecule has 2 aliphatic rings. The summed E-state index contributed by atoms with van der Waals surface area (Å²) in [5.41, 5.74) is 1.77. The van der Waals surface area contributed by atoms with Gasteiger partial charge < -0.3 is 24.1 Å². The van der Waals surface area contributed by atoms with Gasteiger partial charge in [0.1, 0.15) is 23.2 Å². The summed E-state index contributed by atoms with van der Waals surface area (Å²) >= 11 is 0. The second-order valence-corrected chi connectivity index (χ2v) is 11.0. The molecule has 0 spiro atoms. The number of benzene rings is 1. The molecule has 11 nitrogen and oxygen atoms in total. The number of amides is 3. The minimum absolute atomic E-state index is 0.0262. The van der Waals surface area contributed by atoms with E-state index in [2.05, 4.69) is 15.6 Å². The zero-order chi connectivity index (χ0) is 29.8. The van der Waals surface area contributed by atoms with Crippen LogP contribution in [0.1, 0.15) is 48.2 Å². The second-order valence-electron chi connectivity index (χ2n) is 11.0. The van der Waals surface area contributed by atoms with E-state index >= 15 is 0 Å². The van der Waals surface area contributed by atoms with Gasteiger partial charge in [0.05, 0.1) is 12.1 Å². The van der Waals surface area contributed by atoms with Gasteiger partial charge in [0.2, 0.25) is 17.8 Å². The molecule has 1 atom stereocenters. The maximum atomic E-state index is 13.7. The van der Waals surface area contributed by atoms with Gasteiger partial charge in [0.25, 0.3) is 5.91 Å². The van der Waals surface area contributed by atoms with Gasteiger partial charge >= 0.3 is 0 Å². The number of nitrogens with zero attached hydrogens (tertiary/aromatic N) is 5. The smallest absolute Gasteiger partial charge is 0.259 e. The van der Waals surface area contributed by atoms with E-state index < -0.39 is 11.9 Å². The van der Waals surface area contributed by atoms with Crippen molar-refractivity contribution in [2.75, 3.05) is 31.5 Å². The van der Waals surface area contributed by atoms with Crippen molar-refractivity contribution in [2.24, 2.45) is 4.99 Å². The molecular weight excluding hydrogens is 546 g/mol. The number of pyridine rings is 1. The molecule has 2 N–H and O–H groups in total. The number of likely N-dealkylation sites (tertiary alicyclic amines) is 2. The number of anilines is 1. The molecule has 2 aliphatic heterocycles. The van der Waals surface area contributed by atoms with Crippen molar-refractivity contribution in [3.63, 3.8) is 0 Å². The zero-order valence-electron chi connectivity index (χ0n) is 24.2. The molecular formula is C32H35N7O4. The molecule has 0 bridgehead atoms. The van der Waals surface area contributed by atoms with Crippen molar-refractivity contribution in [3.05, 3.63) is 78.4 Å². The number of hydrogen-bond acceptors (Lipinski definition) is 6. The number of carbonyl (C=O) groups is 3.